The van der Waals surface area contributed by atoms with Gasteiger partial charge in [0, 0.05) is 32.7 Å². The minimum atomic E-state index is -3.24. The Morgan fingerprint density at radius 1 is 1.29 bits per heavy atom. The number of ether oxygens (including phenoxy) is 1. The summed E-state index contributed by atoms with van der Waals surface area (Å²) in [5.41, 5.74) is 0. The van der Waals surface area contributed by atoms with Crippen LogP contribution in [0.2, 0.25) is 0 Å². The summed E-state index contributed by atoms with van der Waals surface area (Å²) in [6.07, 6.45) is 4.47. The van der Waals surface area contributed by atoms with Crippen LogP contribution < -0.4 is 5.32 Å². The first-order valence-corrected chi connectivity index (χ1v) is 9.36. The van der Waals surface area contributed by atoms with E-state index < -0.39 is 10.0 Å². The summed E-state index contributed by atoms with van der Waals surface area (Å²) in [7, 11) is -1.75. The summed E-state index contributed by atoms with van der Waals surface area (Å²) in [6.45, 7) is 3.92. The highest BCUT2D eigenvalue weighted by Gasteiger charge is 2.30. The number of amides is 1. The number of methoxy groups -OCH3 is 1. The van der Waals surface area contributed by atoms with Crippen LogP contribution in [0.3, 0.4) is 0 Å². The van der Waals surface area contributed by atoms with Gasteiger partial charge in [0.1, 0.15) is 0 Å². The van der Waals surface area contributed by atoms with E-state index in [2.05, 4.69) is 12.2 Å². The maximum atomic E-state index is 12.0. The first kappa shape index (κ1) is 18.4. The molecule has 0 aromatic heterocycles. The lowest BCUT2D eigenvalue weighted by Gasteiger charge is -2.30. The van der Waals surface area contributed by atoms with Crippen LogP contribution in [-0.4, -0.2) is 57.7 Å². The van der Waals surface area contributed by atoms with Crippen LogP contribution in [0.15, 0.2) is 0 Å². The monoisotopic (exact) mass is 320 g/mol. The number of carbonyl (C=O) groups is 1. The molecule has 0 aliphatic carbocycles. The van der Waals surface area contributed by atoms with E-state index in [1.807, 2.05) is 0 Å². The number of hydrogen-bond acceptors (Lipinski definition) is 4. The van der Waals surface area contributed by atoms with E-state index in [9.17, 15) is 13.2 Å². The number of carbonyl (C=O) groups excluding carboxylic acids is 1. The van der Waals surface area contributed by atoms with Crippen molar-refractivity contribution < 1.29 is 17.9 Å². The SMILES string of the molecule is CCCCCNC(=O)C1CCN(S(=O)(=O)CCOC)CC1. The van der Waals surface area contributed by atoms with E-state index >= 15 is 0 Å². The van der Waals surface area contributed by atoms with Gasteiger partial charge in [-0.05, 0) is 19.3 Å². The van der Waals surface area contributed by atoms with E-state index in [0.717, 1.165) is 25.8 Å². The molecule has 1 heterocycles. The van der Waals surface area contributed by atoms with Crippen molar-refractivity contribution in [2.24, 2.45) is 5.92 Å². The van der Waals surface area contributed by atoms with Crippen LogP contribution in [0.1, 0.15) is 39.0 Å². The molecular weight excluding hydrogens is 292 g/mol. The van der Waals surface area contributed by atoms with Crippen molar-refractivity contribution in [3.63, 3.8) is 0 Å². The van der Waals surface area contributed by atoms with Crippen LogP contribution in [0, 0.1) is 5.92 Å². The second-order valence-corrected chi connectivity index (χ2v) is 7.57. The van der Waals surface area contributed by atoms with Crippen LogP contribution in [0.5, 0.6) is 0 Å². The van der Waals surface area contributed by atoms with Gasteiger partial charge < -0.3 is 10.1 Å². The molecule has 1 saturated heterocycles. The number of nitrogens with zero attached hydrogens (tertiary/aromatic N) is 1. The topological polar surface area (TPSA) is 75.7 Å². The summed E-state index contributed by atoms with van der Waals surface area (Å²) in [6, 6.07) is 0. The van der Waals surface area contributed by atoms with Gasteiger partial charge in [-0.2, -0.15) is 0 Å². The summed E-state index contributed by atoms with van der Waals surface area (Å²) < 4.78 is 30.3. The molecule has 1 amide bonds. The molecule has 21 heavy (non-hydrogen) atoms. The predicted molar refractivity (Wildman–Crippen MR) is 82.5 cm³/mol. The number of hydrogen-bond donors (Lipinski definition) is 1. The second-order valence-electron chi connectivity index (χ2n) is 5.48. The lowest BCUT2D eigenvalue weighted by Crippen LogP contribution is -2.44. The first-order valence-electron chi connectivity index (χ1n) is 7.75. The van der Waals surface area contributed by atoms with Gasteiger partial charge in [-0.15, -0.1) is 0 Å². The van der Waals surface area contributed by atoms with Gasteiger partial charge in [0.15, 0.2) is 0 Å². The molecule has 1 N–H and O–H groups in total. The molecule has 0 saturated carbocycles. The third kappa shape index (κ3) is 6.32. The zero-order valence-electron chi connectivity index (χ0n) is 13.1. The molecule has 0 radical (unpaired) electrons. The van der Waals surface area contributed by atoms with Gasteiger partial charge in [-0.1, -0.05) is 19.8 Å². The Morgan fingerprint density at radius 3 is 2.52 bits per heavy atom. The van der Waals surface area contributed by atoms with Crippen LogP contribution >= 0.6 is 0 Å². The molecule has 0 aromatic carbocycles. The van der Waals surface area contributed by atoms with Crippen molar-refractivity contribution in [3.8, 4) is 0 Å². The Morgan fingerprint density at radius 2 is 1.95 bits per heavy atom. The highest BCUT2D eigenvalue weighted by atomic mass is 32.2. The van der Waals surface area contributed by atoms with E-state index in [1.165, 1.54) is 11.4 Å². The van der Waals surface area contributed by atoms with Gasteiger partial charge in [0.25, 0.3) is 0 Å². The summed E-state index contributed by atoms with van der Waals surface area (Å²) in [4.78, 5) is 12.0. The molecule has 1 aliphatic heterocycles. The standard InChI is InChI=1S/C14H28N2O4S/c1-3-4-5-8-15-14(17)13-6-9-16(10-7-13)21(18,19)12-11-20-2/h13H,3-12H2,1-2H3,(H,15,17). The van der Waals surface area contributed by atoms with Crippen LogP contribution in [0.25, 0.3) is 0 Å². The summed E-state index contributed by atoms with van der Waals surface area (Å²) in [5, 5.41) is 2.95. The predicted octanol–water partition coefficient (Wildman–Crippen LogP) is 0.981. The molecule has 0 atom stereocenters. The van der Waals surface area contributed by atoms with Crippen molar-refractivity contribution >= 4 is 15.9 Å². The molecule has 124 valence electrons. The van der Waals surface area contributed by atoms with E-state index in [1.54, 1.807) is 0 Å². The zero-order valence-corrected chi connectivity index (χ0v) is 14.0. The Kier molecular flexibility index (Phi) is 8.21. The number of sulfonamides is 1. The van der Waals surface area contributed by atoms with Gasteiger partial charge in [-0.3, -0.25) is 4.79 Å². The fourth-order valence-corrected chi connectivity index (χ4v) is 3.85. The van der Waals surface area contributed by atoms with Crippen LogP contribution in [0.4, 0.5) is 0 Å². The minimum Gasteiger partial charge on any atom is -0.384 e. The van der Waals surface area contributed by atoms with Crippen molar-refractivity contribution in [2.75, 3.05) is 39.1 Å². The van der Waals surface area contributed by atoms with E-state index in [-0.39, 0.29) is 24.2 Å². The Labute approximate surface area is 128 Å². The smallest absolute Gasteiger partial charge is 0.223 e. The lowest BCUT2D eigenvalue weighted by atomic mass is 9.97. The fraction of sp³-hybridized carbons (Fsp3) is 0.929. The first-order chi connectivity index (χ1) is 10.0. The Hall–Kier alpha value is -0.660. The maximum Gasteiger partial charge on any atom is 0.223 e. The lowest BCUT2D eigenvalue weighted by molar-refractivity contribution is -0.126. The summed E-state index contributed by atoms with van der Waals surface area (Å²) in [5.74, 6) is 0.0257. The summed E-state index contributed by atoms with van der Waals surface area (Å²) >= 11 is 0. The number of nitrogens with one attached hydrogen (secondary N) is 1. The zero-order chi connectivity index (χ0) is 15.7. The average Bonchev–Trinajstić information content (AvgIpc) is 2.49. The van der Waals surface area contributed by atoms with Crippen molar-refractivity contribution in [2.45, 2.75) is 39.0 Å². The molecule has 1 fully saturated rings. The highest BCUT2D eigenvalue weighted by molar-refractivity contribution is 7.89. The van der Waals surface area contributed by atoms with Crippen molar-refractivity contribution in [1.29, 1.82) is 0 Å². The number of unbranched alkanes of at least 4 members (excludes halogenated alkanes) is 2. The molecule has 6 nitrogen and oxygen atoms in total. The minimum absolute atomic E-state index is 0.0113. The normalized spacial score (nSPS) is 17.8. The molecule has 0 spiro atoms. The van der Waals surface area contributed by atoms with Crippen molar-refractivity contribution in [3.05, 3.63) is 0 Å². The van der Waals surface area contributed by atoms with E-state index in [0.29, 0.717) is 25.9 Å². The molecule has 7 heteroatoms. The Balaban J connectivity index is 2.32. The van der Waals surface area contributed by atoms with Gasteiger partial charge in [-0.25, -0.2) is 12.7 Å². The van der Waals surface area contributed by atoms with Crippen molar-refractivity contribution in [1.82, 2.24) is 9.62 Å². The van der Waals surface area contributed by atoms with E-state index in [4.69, 9.17) is 4.74 Å². The van der Waals surface area contributed by atoms with Gasteiger partial charge in [0.05, 0.1) is 12.4 Å². The Bertz CT molecular complexity index is 403. The average molecular weight is 320 g/mol. The maximum absolute atomic E-state index is 12.0. The molecule has 1 rings (SSSR count). The van der Waals surface area contributed by atoms with Gasteiger partial charge >= 0.3 is 0 Å². The second kappa shape index (κ2) is 9.38. The third-order valence-corrected chi connectivity index (χ3v) is 5.68. The number of piperidine rings is 1. The molecular formula is C14H28N2O4S. The quantitative estimate of drug-likeness (QED) is 0.643. The largest absolute Gasteiger partial charge is 0.384 e. The molecule has 0 unspecified atom stereocenters. The number of rotatable bonds is 9. The fourth-order valence-electron chi connectivity index (χ4n) is 2.44. The molecule has 0 aromatic rings. The van der Waals surface area contributed by atoms with Gasteiger partial charge in [0.2, 0.25) is 15.9 Å². The highest BCUT2D eigenvalue weighted by Crippen LogP contribution is 2.20. The molecule has 0 bridgehead atoms. The van der Waals surface area contributed by atoms with Crippen LogP contribution in [-0.2, 0) is 19.6 Å². The molecule has 1 aliphatic rings. The third-order valence-electron chi connectivity index (χ3n) is 3.84.